The molecule has 0 aliphatic carbocycles. The molecule has 0 radical (unpaired) electrons. The van der Waals surface area contributed by atoms with E-state index in [1.54, 1.807) is 0 Å². The zero-order valence-electron chi connectivity index (χ0n) is 15.1. The van der Waals surface area contributed by atoms with E-state index in [1.165, 1.54) is 21.9 Å². The summed E-state index contributed by atoms with van der Waals surface area (Å²) in [5.41, 5.74) is 4.86. The van der Waals surface area contributed by atoms with Gasteiger partial charge in [-0.15, -0.1) is 0 Å². The van der Waals surface area contributed by atoms with Crippen LogP contribution in [0.5, 0.6) is 0 Å². The number of aromatic nitrogens is 4. The molecule has 25 heavy (non-hydrogen) atoms. The molecule has 0 bridgehead atoms. The Labute approximate surface area is 148 Å². The monoisotopic (exact) mass is 332 g/mol. The maximum Gasteiger partial charge on any atom is 0.0926 e. The highest BCUT2D eigenvalue weighted by Gasteiger charge is 2.09. The van der Waals surface area contributed by atoms with Gasteiger partial charge in [-0.25, -0.2) is 0 Å². The quantitative estimate of drug-likeness (QED) is 0.532. The summed E-state index contributed by atoms with van der Waals surface area (Å²) in [6.45, 7) is 5.39. The van der Waals surface area contributed by atoms with E-state index in [2.05, 4.69) is 72.4 Å². The molecule has 0 saturated heterocycles. The number of hydrogen-bond acceptors (Lipinski definition) is 2. The molecule has 4 nitrogen and oxygen atoms in total. The molecule has 4 heteroatoms. The molecule has 0 N–H and O–H groups in total. The SMILES string of the molecule is CCc1ccc2nn(CCC(C)c3ccc4cn(C)nc4c3)cc2c1. The van der Waals surface area contributed by atoms with Gasteiger partial charge in [0.15, 0.2) is 0 Å². The van der Waals surface area contributed by atoms with E-state index in [9.17, 15) is 0 Å². The molecule has 0 fully saturated rings. The third kappa shape index (κ3) is 3.16. The van der Waals surface area contributed by atoms with Crippen molar-refractivity contribution in [2.45, 2.75) is 39.2 Å². The lowest BCUT2D eigenvalue weighted by Crippen LogP contribution is -2.03. The van der Waals surface area contributed by atoms with Gasteiger partial charge in [-0.3, -0.25) is 9.36 Å². The first-order chi connectivity index (χ1) is 12.1. The predicted octanol–water partition coefficient (Wildman–Crippen LogP) is 4.68. The van der Waals surface area contributed by atoms with Crippen molar-refractivity contribution in [3.8, 4) is 0 Å². The maximum atomic E-state index is 4.71. The van der Waals surface area contributed by atoms with Crippen molar-refractivity contribution in [1.29, 1.82) is 0 Å². The Hall–Kier alpha value is -2.62. The summed E-state index contributed by atoms with van der Waals surface area (Å²) < 4.78 is 3.96. The highest BCUT2D eigenvalue weighted by molar-refractivity contribution is 5.79. The molecule has 4 aromatic rings. The molecule has 2 aromatic carbocycles. The topological polar surface area (TPSA) is 35.6 Å². The third-order valence-corrected chi connectivity index (χ3v) is 5.03. The second kappa shape index (κ2) is 6.36. The normalized spacial score (nSPS) is 12.9. The molecule has 1 unspecified atom stereocenters. The van der Waals surface area contributed by atoms with Crippen LogP contribution in [0.25, 0.3) is 21.8 Å². The minimum absolute atomic E-state index is 0.477. The Bertz CT molecular complexity index is 1020. The Morgan fingerprint density at radius 3 is 2.68 bits per heavy atom. The van der Waals surface area contributed by atoms with Crippen LogP contribution in [0.15, 0.2) is 48.8 Å². The molecule has 128 valence electrons. The highest BCUT2D eigenvalue weighted by atomic mass is 15.3. The van der Waals surface area contributed by atoms with Crippen LogP contribution in [0.4, 0.5) is 0 Å². The van der Waals surface area contributed by atoms with E-state index < -0.39 is 0 Å². The Kier molecular flexibility index (Phi) is 4.04. The summed E-state index contributed by atoms with van der Waals surface area (Å²) in [5.74, 6) is 0.477. The van der Waals surface area contributed by atoms with Crippen LogP contribution in [0.2, 0.25) is 0 Å². The first-order valence-corrected chi connectivity index (χ1v) is 9.02. The van der Waals surface area contributed by atoms with Crippen LogP contribution in [-0.4, -0.2) is 19.6 Å². The summed E-state index contributed by atoms with van der Waals surface area (Å²) in [6, 6.07) is 13.2. The smallest absolute Gasteiger partial charge is 0.0926 e. The van der Waals surface area contributed by atoms with E-state index in [0.717, 1.165) is 30.4 Å². The molecule has 0 saturated carbocycles. The van der Waals surface area contributed by atoms with Crippen LogP contribution < -0.4 is 0 Å². The molecule has 2 aromatic heterocycles. The number of rotatable bonds is 5. The molecule has 0 aliphatic heterocycles. The molecule has 0 spiro atoms. The van der Waals surface area contributed by atoms with Crippen LogP contribution in [0, 0.1) is 0 Å². The van der Waals surface area contributed by atoms with Gasteiger partial charge in [0.1, 0.15) is 0 Å². The van der Waals surface area contributed by atoms with Gasteiger partial charge in [0.2, 0.25) is 0 Å². The largest absolute Gasteiger partial charge is 0.275 e. The molecule has 1 atom stereocenters. The van der Waals surface area contributed by atoms with Crippen molar-refractivity contribution in [2.24, 2.45) is 7.05 Å². The van der Waals surface area contributed by atoms with Gasteiger partial charge >= 0.3 is 0 Å². The van der Waals surface area contributed by atoms with Crippen LogP contribution in [0.3, 0.4) is 0 Å². The number of aryl methyl sites for hydroxylation is 3. The standard InChI is InChI=1S/C21H24N4/c1-4-16-5-8-20-19(11-16)14-25(23-20)10-9-15(2)17-6-7-18-13-24(3)22-21(18)12-17/h5-8,11-15H,4,9-10H2,1-3H3. The number of hydrogen-bond donors (Lipinski definition) is 0. The van der Waals surface area contributed by atoms with Crippen LogP contribution >= 0.6 is 0 Å². The van der Waals surface area contributed by atoms with E-state index in [1.807, 2.05) is 11.7 Å². The van der Waals surface area contributed by atoms with Gasteiger partial charge in [-0.05, 0) is 48.1 Å². The maximum absolute atomic E-state index is 4.71. The van der Waals surface area contributed by atoms with Gasteiger partial charge in [-0.1, -0.05) is 32.0 Å². The minimum atomic E-state index is 0.477. The zero-order valence-corrected chi connectivity index (χ0v) is 15.1. The van der Waals surface area contributed by atoms with Crippen molar-refractivity contribution in [3.63, 3.8) is 0 Å². The summed E-state index contributed by atoms with van der Waals surface area (Å²) in [4.78, 5) is 0. The fourth-order valence-corrected chi connectivity index (χ4v) is 3.42. The zero-order chi connectivity index (χ0) is 17.4. The lowest BCUT2D eigenvalue weighted by atomic mass is 9.97. The molecular formula is C21H24N4. The molecule has 4 rings (SSSR count). The second-order valence-corrected chi connectivity index (χ2v) is 6.95. The Morgan fingerprint density at radius 2 is 1.84 bits per heavy atom. The number of nitrogens with zero attached hydrogens (tertiary/aromatic N) is 4. The van der Waals surface area contributed by atoms with Crippen molar-refractivity contribution >= 4 is 21.8 Å². The Balaban J connectivity index is 1.49. The van der Waals surface area contributed by atoms with Crippen molar-refractivity contribution in [3.05, 3.63) is 59.9 Å². The lowest BCUT2D eigenvalue weighted by Gasteiger charge is -2.11. The van der Waals surface area contributed by atoms with E-state index >= 15 is 0 Å². The third-order valence-electron chi connectivity index (χ3n) is 5.03. The summed E-state index contributed by atoms with van der Waals surface area (Å²) >= 11 is 0. The van der Waals surface area contributed by atoms with Gasteiger partial charge in [0, 0.05) is 36.8 Å². The molecule has 0 aliphatic rings. The summed E-state index contributed by atoms with van der Waals surface area (Å²) in [5, 5.41) is 11.7. The number of benzene rings is 2. The van der Waals surface area contributed by atoms with Gasteiger partial charge in [0.25, 0.3) is 0 Å². The van der Waals surface area contributed by atoms with Crippen LogP contribution in [0.1, 0.15) is 37.3 Å². The van der Waals surface area contributed by atoms with Gasteiger partial charge < -0.3 is 0 Å². The Morgan fingerprint density at radius 1 is 0.960 bits per heavy atom. The van der Waals surface area contributed by atoms with Crippen LogP contribution in [-0.2, 0) is 20.0 Å². The van der Waals surface area contributed by atoms with Crippen molar-refractivity contribution < 1.29 is 0 Å². The van der Waals surface area contributed by atoms with Gasteiger partial charge in [-0.2, -0.15) is 10.2 Å². The predicted molar refractivity (Wildman–Crippen MR) is 103 cm³/mol. The first kappa shape index (κ1) is 15.9. The van der Waals surface area contributed by atoms with Crippen molar-refractivity contribution in [1.82, 2.24) is 19.6 Å². The van der Waals surface area contributed by atoms with E-state index in [4.69, 9.17) is 5.10 Å². The molecule has 0 amide bonds. The summed E-state index contributed by atoms with van der Waals surface area (Å²) in [7, 11) is 1.97. The second-order valence-electron chi connectivity index (χ2n) is 6.95. The number of fused-ring (bicyclic) bond motifs is 2. The van der Waals surface area contributed by atoms with E-state index in [0.29, 0.717) is 5.92 Å². The minimum Gasteiger partial charge on any atom is -0.275 e. The first-order valence-electron chi connectivity index (χ1n) is 9.02. The summed E-state index contributed by atoms with van der Waals surface area (Å²) in [6.07, 6.45) is 6.36. The molecular weight excluding hydrogens is 308 g/mol. The fourth-order valence-electron chi connectivity index (χ4n) is 3.42. The fraction of sp³-hybridized carbons (Fsp3) is 0.333. The molecule has 2 heterocycles. The van der Waals surface area contributed by atoms with Gasteiger partial charge in [0.05, 0.1) is 11.0 Å². The lowest BCUT2D eigenvalue weighted by molar-refractivity contribution is 0.537. The average molecular weight is 332 g/mol. The highest BCUT2D eigenvalue weighted by Crippen LogP contribution is 2.24. The van der Waals surface area contributed by atoms with E-state index in [-0.39, 0.29) is 0 Å². The average Bonchev–Trinajstić information content (AvgIpc) is 3.19. The van der Waals surface area contributed by atoms with Crippen molar-refractivity contribution in [2.75, 3.05) is 0 Å².